The Morgan fingerprint density at radius 3 is 2.53 bits per heavy atom. The first kappa shape index (κ1) is 18.8. The minimum absolute atomic E-state index is 0.0704. The average molecular weight is 433 g/mol. The van der Waals surface area contributed by atoms with Gasteiger partial charge in [-0.2, -0.15) is 4.98 Å². The van der Waals surface area contributed by atoms with E-state index in [0.717, 1.165) is 11.3 Å². The molecular formula is C22H16N4O2S2. The number of rotatable bonds is 6. The number of benzene rings is 2. The highest BCUT2D eigenvalue weighted by molar-refractivity contribution is 7.98. The molecule has 0 bridgehead atoms. The number of thiophene rings is 1. The van der Waals surface area contributed by atoms with E-state index in [0.29, 0.717) is 39.3 Å². The van der Waals surface area contributed by atoms with Gasteiger partial charge in [0.15, 0.2) is 11.0 Å². The number of hydrogen-bond acceptors (Lipinski definition) is 7. The fourth-order valence-corrected chi connectivity index (χ4v) is 4.73. The Bertz CT molecular complexity index is 1340. The lowest BCUT2D eigenvalue weighted by Gasteiger charge is -2.11. The quantitative estimate of drug-likeness (QED) is 0.286. The van der Waals surface area contributed by atoms with Gasteiger partial charge in [0.05, 0.1) is 17.0 Å². The summed E-state index contributed by atoms with van der Waals surface area (Å²) >= 11 is 2.81. The lowest BCUT2D eigenvalue weighted by molar-refractivity contribution is 0.385. The normalized spacial score (nSPS) is 11.2. The largest absolute Gasteiger partial charge is 0.338 e. The molecule has 6 nitrogen and oxygen atoms in total. The van der Waals surface area contributed by atoms with Crippen LogP contribution >= 0.6 is 23.1 Å². The van der Waals surface area contributed by atoms with Crippen LogP contribution < -0.4 is 5.56 Å². The van der Waals surface area contributed by atoms with Crippen molar-refractivity contribution in [3.63, 3.8) is 0 Å². The van der Waals surface area contributed by atoms with Crippen molar-refractivity contribution >= 4 is 33.3 Å². The smallest absolute Gasteiger partial charge is 0.276 e. The van der Waals surface area contributed by atoms with Gasteiger partial charge in [-0.1, -0.05) is 65.4 Å². The van der Waals surface area contributed by atoms with Crippen molar-refractivity contribution in [2.45, 2.75) is 17.3 Å². The molecule has 0 radical (unpaired) electrons. The van der Waals surface area contributed by atoms with Crippen molar-refractivity contribution in [3.8, 4) is 5.69 Å². The molecule has 5 aromatic rings. The van der Waals surface area contributed by atoms with Crippen LogP contribution in [0.1, 0.15) is 17.3 Å². The average Bonchev–Trinajstić information content (AvgIpc) is 3.43. The van der Waals surface area contributed by atoms with Crippen LogP contribution in [0.3, 0.4) is 0 Å². The Kier molecular flexibility index (Phi) is 5.17. The van der Waals surface area contributed by atoms with Crippen molar-refractivity contribution in [3.05, 3.63) is 99.7 Å². The zero-order valence-corrected chi connectivity index (χ0v) is 17.4. The van der Waals surface area contributed by atoms with E-state index in [1.54, 1.807) is 4.57 Å². The van der Waals surface area contributed by atoms with Crippen LogP contribution in [0.4, 0.5) is 0 Å². The zero-order chi connectivity index (χ0) is 20.3. The standard InChI is InChI=1S/C22H16N4O2S2/c27-21-20-17(11-12-29-20)23-22(26(21)16-9-5-2-6-10-16)30-14-19-24-18(25-28-19)13-15-7-3-1-4-8-15/h1-12H,13-14H2. The van der Waals surface area contributed by atoms with Gasteiger partial charge in [0.1, 0.15) is 4.70 Å². The predicted octanol–water partition coefficient (Wildman–Crippen LogP) is 4.71. The van der Waals surface area contributed by atoms with E-state index in [1.807, 2.05) is 72.1 Å². The Hall–Kier alpha value is -3.23. The topological polar surface area (TPSA) is 73.8 Å². The van der Waals surface area contributed by atoms with E-state index in [9.17, 15) is 4.79 Å². The molecule has 3 aromatic heterocycles. The van der Waals surface area contributed by atoms with E-state index < -0.39 is 0 Å². The Morgan fingerprint density at radius 2 is 1.73 bits per heavy atom. The summed E-state index contributed by atoms with van der Waals surface area (Å²) in [5.41, 5.74) is 2.54. The predicted molar refractivity (Wildman–Crippen MR) is 118 cm³/mol. The lowest BCUT2D eigenvalue weighted by Crippen LogP contribution is -2.20. The molecule has 2 aromatic carbocycles. The maximum atomic E-state index is 13.1. The van der Waals surface area contributed by atoms with Gasteiger partial charge in [-0.25, -0.2) is 4.98 Å². The van der Waals surface area contributed by atoms with Gasteiger partial charge in [-0.3, -0.25) is 9.36 Å². The van der Waals surface area contributed by atoms with Crippen LogP contribution in [0.25, 0.3) is 15.9 Å². The van der Waals surface area contributed by atoms with Gasteiger partial charge in [-0.05, 0) is 29.1 Å². The zero-order valence-electron chi connectivity index (χ0n) is 15.8. The maximum Gasteiger partial charge on any atom is 0.276 e. The first-order valence-corrected chi connectivity index (χ1v) is 11.2. The molecular weight excluding hydrogens is 416 g/mol. The number of para-hydroxylation sites is 1. The molecule has 8 heteroatoms. The fourth-order valence-electron chi connectivity index (χ4n) is 3.12. The second-order valence-electron chi connectivity index (χ2n) is 6.56. The third-order valence-corrected chi connectivity index (χ3v) is 6.32. The second kappa shape index (κ2) is 8.25. The molecule has 0 amide bonds. The molecule has 0 fully saturated rings. The van der Waals surface area contributed by atoms with Crippen molar-refractivity contribution in [2.75, 3.05) is 0 Å². The van der Waals surface area contributed by atoms with Gasteiger partial charge < -0.3 is 4.52 Å². The van der Waals surface area contributed by atoms with Crippen LogP contribution in [0.15, 0.2) is 86.6 Å². The number of thioether (sulfide) groups is 1. The summed E-state index contributed by atoms with van der Waals surface area (Å²) in [7, 11) is 0. The van der Waals surface area contributed by atoms with Crippen molar-refractivity contribution in [1.82, 2.24) is 19.7 Å². The van der Waals surface area contributed by atoms with Crippen molar-refractivity contribution in [1.29, 1.82) is 0 Å². The highest BCUT2D eigenvalue weighted by Crippen LogP contribution is 2.25. The summed E-state index contributed by atoms with van der Waals surface area (Å²) in [6, 6.07) is 21.4. The highest BCUT2D eigenvalue weighted by atomic mass is 32.2. The molecule has 148 valence electrons. The summed E-state index contributed by atoms with van der Waals surface area (Å²) in [6.07, 6.45) is 0.614. The Balaban J connectivity index is 1.43. The van der Waals surface area contributed by atoms with Gasteiger partial charge >= 0.3 is 0 Å². The molecule has 3 heterocycles. The highest BCUT2D eigenvalue weighted by Gasteiger charge is 2.16. The molecule has 0 aliphatic rings. The summed E-state index contributed by atoms with van der Waals surface area (Å²) < 4.78 is 7.70. The van der Waals surface area contributed by atoms with Gasteiger partial charge in [0.25, 0.3) is 5.56 Å². The Morgan fingerprint density at radius 1 is 0.967 bits per heavy atom. The SMILES string of the molecule is O=c1c2sccc2nc(SCc2nc(Cc3ccccc3)no2)n1-c1ccccc1. The first-order chi connectivity index (χ1) is 14.8. The molecule has 0 unspecified atom stereocenters. The summed E-state index contributed by atoms with van der Waals surface area (Å²) in [5.74, 6) is 1.57. The van der Waals surface area contributed by atoms with E-state index in [1.165, 1.54) is 23.1 Å². The monoisotopic (exact) mass is 432 g/mol. The molecule has 0 aliphatic carbocycles. The third-order valence-electron chi connectivity index (χ3n) is 4.50. The van der Waals surface area contributed by atoms with E-state index in [-0.39, 0.29) is 5.56 Å². The molecule has 0 aliphatic heterocycles. The van der Waals surface area contributed by atoms with Crippen LogP contribution in [0, 0.1) is 0 Å². The molecule has 0 spiro atoms. The van der Waals surface area contributed by atoms with Crippen LogP contribution in [-0.4, -0.2) is 19.7 Å². The Labute approximate surface area is 180 Å². The van der Waals surface area contributed by atoms with Gasteiger partial charge in [-0.15, -0.1) is 11.3 Å². The van der Waals surface area contributed by atoms with Crippen LogP contribution in [-0.2, 0) is 12.2 Å². The number of aromatic nitrogens is 4. The van der Waals surface area contributed by atoms with Crippen molar-refractivity contribution < 1.29 is 4.52 Å². The van der Waals surface area contributed by atoms with E-state index in [4.69, 9.17) is 9.51 Å². The second-order valence-corrected chi connectivity index (χ2v) is 8.42. The summed E-state index contributed by atoms with van der Waals surface area (Å²) in [6.45, 7) is 0. The minimum atomic E-state index is -0.0704. The number of nitrogens with zero attached hydrogens (tertiary/aromatic N) is 4. The van der Waals surface area contributed by atoms with E-state index in [2.05, 4.69) is 10.1 Å². The van der Waals surface area contributed by atoms with Gasteiger partial charge in [0.2, 0.25) is 5.89 Å². The maximum absolute atomic E-state index is 13.1. The van der Waals surface area contributed by atoms with Crippen LogP contribution in [0.2, 0.25) is 0 Å². The minimum Gasteiger partial charge on any atom is -0.338 e. The van der Waals surface area contributed by atoms with Crippen LogP contribution in [0.5, 0.6) is 0 Å². The molecule has 0 saturated heterocycles. The van der Waals surface area contributed by atoms with Crippen molar-refractivity contribution in [2.24, 2.45) is 0 Å². The molecule has 0 N–H and O–H groups in total. The fraction of sp³-hybridized carbons (Fsp3) is 0.0909. The third kappa shape index (κ3) is 3.79. The molecule has 30 heavy (non-hydrogen) atoms. The molecule has 0 saturated carbocycles. The van der Waals surface area contributed by atoms with Gasteiger partial charge in [0, 0.05) is 6.42 Å². The lowest BCUT2D eigenvalue weighted by atomic mass is 10.1. The van der Waals surface area contributed by atoms with E-state index >= 15 is 0 Å². The summed E-state index contributed by atoms with van der Waals surface area (Å²) in [5, 5.41) is 6.56. The summed E-state index contributed by atoms with van der Waals surface area (Å²) in [4.78, 5) is 22.3. The molecule has 0 atom stereocenters. The first-order valence-electron chi connectivity index (χ1n) is 9.32. The number of hydrogen-bond donors (Lipinski definition) is 0. The number of fused-ring (bicyclic) bond motifs is 1. The molecule has 5 rings (SSSR count).